The smallest absolute Gasteiger partial charge is 0.408 e. The summed E-state index contributed by atoms with van der Waals surface area (Å²) in [5.74, 6) is -0.223. The number of alkyl carbamates (subject to hydrolysis) is 1. The van der Waals surface area contributed by atoms with E-state index in [0.717, 1.165) is 22.0 Å². The van der Waals surface area contributed by atoms with Gasteiger partial charge in [-0.15, -0.1) is 11.3 Å². The first-order chi connectivity index (χ1) is 18.5. The lowest BCUT2D eigenvalue weighted by Crippen LogP contribution is -2.53. The van der Waals surface area contributed by atoms with Gasteiger partial charge in [-0.25, -0.2) is 9.78 Å². The van der Waals surface area contributed by atoms with Gasteiger partial charge in [0.25, 0.3) is 0 Å². The summed E-state index contributed by atoms with van der Waals surface area (Å²) in [6.45, 7) is 0.0863. The maximum atomic E-state index is 13.4. The van der Waals surface area contributed by atoms with Crippen LogP contribution in [0.3, 0.4) is 0 Å². The summed E-state index contributed by atoms with van der Waals surface area (Å²) >= 11 is 2.84. The second-order valence-corrected chi connectivity index (χ2v) is 10.4. The molecular weight excluding hydrogens is 522 g/mol. The van der Waals surface area contributed by atoms with Gasteiger partial charge >= 0.3 is 6.09 Å². The predicted molar refractivity (Wildman–Crippen MR) is 151 cm³/mol. The van der Waals surface area contributed by atoms with Crippen LogP contribution in [-0.4, -0.2) is 52.0 Å². The summed E-state index contributed by atoms with van der Waals surface area (Å²) in [6.07, 6.45) is 5.28. The highest BCUT2D eigenvalue weighted by atomic mass is 32.2. The fraction of sp³-hybridized carbons (Fsp3) is 0.259. The van der Waals surface area contributed by atoms with Crippen LogP contribution < -0.4 is 16.0 Å². The van der Waals surface area contributed by atoms with Gasteiger partial charge in [0.15, 0.2) is 5.13 Å². The van der Waals surface area contributed by atoms with E-state index in [1.165, 1.54) is 11.3 Å². The van der Waals surface area contributed by atoms with Crippen molar-refractivity contribution in [2.75, 3.05) is 17.3 Å². The molecule has 0 bridgehead atoms. The van der Waals surface area contributed by atoms with E-state index in [9.17, 15) is 14.4 Å². The number of nitrogens with zero attached hydrogens (tertiary/aromatic N) is 1. The predicted octanol–water partition coefficient (Wildman–Crippen LogP) is 4.34. The number of aromatic nitrogens is 2. The number of para-hydroxylation sites is 1. The minimum absolute atomic E-state index is 0.0863. The molecule has 0 saturated heterocycles. The standard InChI is InChI=1S/C27H29N5O4S2/c1-37-13-11-22(31-27(35)36-17-18-7-3-2-4-8-18)24(33)30-23(25(34)32-26-28-12-14-38-26)15-19-16-29-21-10-6-5-9-20(19)21/h2-10,12,14,16,22-23,29H,11,13,15,17H2,1H3,(H,30,33)(H,31,35)(H,28,32,34)/t22-,23-/m0/s1. The quantitative estimate of drug-likeness (QED) is 0.208. The van der Waals surface area contributed by atoms with Crippen molar-refractivity contribution in [3.63, 3.8) is 0 Å². The van der Waals surface area contributed by atoms with Gasteiger partial charge in [-0.05, 0) is 35.6 Å². The molecule has 11 heteroatoms. The molecule has 4 N–H and O–H groups in total. The fourth-order valence-electron chi connectivity index (χ4n) is 3.89. The number of carbonyl (C=O) groups is 3. The zero-order valence-corrected chi connectivity index (χ0v) is 22.4. The molecule has 0 saturated carbocycles. The Morgan fingerprint density at radius 2 is 1.82 bits per heavy atom. The van der Waals surface area contributed by atoms with Crippen LogP contribution in [0.4, 0.5) is 9.93 Å². The second kappa shape index (κ2) is 13.6. The van der Waals surface area contributed by atoms with Crippen LogP contribution in [0.15, 0.2) is 72.4 Å². The van der Waals surface area contributed by atoms with E-state index in [0.29, 0.717) is 17.3 Å². The van der Waals surface area contributed by atoms with E-state index in [4.69, 9.17) is 4.74 Å². The molecule has 198 valence electrons. The SMILES string of the molecule is CSCC[C@H](NC(=O)OCc1ccccc1)C(=O)N[C@@H](Cc1c[nH]c2ccccc12)C(=O)Nc1nccs1. The van der Waals surface area contributed by atoms with Crippen LogP contribution in [0.1, 0.15) is 17.5 Å². The molecule has 0 aliphatic heterocycles. The van der Waals surface area contributed by atoms with Gasteiger partial charge in [0.05, 0.1) is 0 Å². The Morgan fingerprint density at radius 3 is 2.58 bits per heavy atom. The van der Waals surface area contributed by atoms with Crippen molar-refractivity contribution < 1.29 is 19.1 Å². The molecule has 0 radical (unpaired) electrons. The van der Waals surface area contributed by atoms with Crippen LogP contribution in [0.25, 0.3) is 10.9 Å². The lowest BCUT2D eigenvalue weighted by molar-refractivity contribution is -0.127. The number of carbonyl (C=O) groups excluding carboxylic acids is 3. The normalized spacial score (nSPS) is 12.4. The summed E-state index contributed by atoms with van der Waals surface area (Å²) in [4.78, 5) is 46.5. The van der Waals surface area contributed by atoms with Crippen molar-refractivity contribution in [1.29, 1.82) is 0 Å². The number of H-pyrrole nitrogens is 1. The number of anilines is 1. The molecular formula is C27H29N5O4S2. The van der Waals surface area contributed by atoms with E-state index < -0.39 is 30.0 Å². The Morgan fingerprint density at radius 1 is 1.03 bits per heavy atom. The number of amides is 3. The van der Waals surface area contributed by atoms with Gasteiger partial charge in [0.2, 0.25) is 11.8 Å². The number of aromatic amines is 1. The molecule has 9 nitrogen and oxygen atoms in total. The third kappa shape index (κ3) is 7.59. The van der Waals surface area contributed by atoms with Gasteiger partial charge in [-0.2, -0.15) is 11.8 Å². The van der Waals surface area contributed by atoms with Crippen molar-refractivity contribution in [1.82, 2.24) is 20.6 Å². The Labute approximate surface area is 228 Å². The molecule has 2 aromatic heterocycles. The number of hydrogen-bond donors (Lipinski definition) is 4. The minimum Gasteiger partial charge on any atom is -0.445 e. The first-order valence-corrected chi connectivity index (χ1v) is 14.3. The zero-order chi connectivity index (χ0) is 26.7. The van der Waals surface area contributed by atoms with Crippen molar-refractivity contribution in [3.8, 4) is 0 Å². The highest BCUT2D eigenvalue weighted by molar-refractivity contribution is 7.98. The van der Waals surface area contributed by atoms with E-state index in [1.54, 1.807) is 23.3 Å². The number of ether oxygens (including phenoxy) is 1. The van der Waals surface area contributed by atoms with Crippen molar-refractivity contribution in [2.24, 2.45) is 0 Å². The van der Waals surface area contributed by atoms with E-state index in [1.807, 2.05) is 67.0 Å². The summed E-state index contributed by atoms with van der Waals surface area (Å²) in [5.41, 5.74) is 2.66. The highest BCUT2D eigenvalue weighted by Gasteiger charge is 2.28. The van der Waals surface area contributed by atoms with Crippen molar-refractivity contribution in [3.05, 3.63) is 83.5 Å². The summed E-state index contributed by atoms with van der Waals surface area (Å²) in [7, 11) is 0. The Kier molecular flexibility index (Phi) is 9.77. The highest BCUT2D eigenvalue weighted by Crippen LogP contribution is 2.20. The number of nitrogens with one attached hydrogen (secondary N) is 4. The topological polar surface area (TPSA) is 125 Å². The molecule has 3 amide bonds. The minimum atomic E-state index is -0.899. The first kappa shape index (κ1) is 27.2. The first-order valence-electron chi connectivity index (χ1n) is 12.1. The largest absolute Gasteiger partial charge is 0.445 e. The summed E-state index contributed by atoms with van der Waals surface area (Å²) in [6, 6.07) is 15.3. The Hall–Kier alpha value is -3.83. The van der Waals surface area contributed by atoms with E-state index in [2.05, 4.69) is 25.9 Å². The lowest BCUT2D eigenvalue weighted by atomic mass is 10.0. The number of thiazole rings is 1. The Bertz CT molecular complexity index is 1340. The van der Waals surface area contributed by atoms with Crippen LogP contribution in [0.2, 0.25) is 0 Å². The maximum Gasteiger partial charge on any atom is 0.408 e. The van der Waals surface area contributed by atoms with Crippen LogP contribution >= 0.6 is 23.1 Å². The summed E-state index contributed by atoms with van der Waals surface area (Å²) in [5, 5.41) is 11.5. The van der Waals surface area contributed by atoms with Crippen LogP contribution in [0, 0.1) is 0 Å². The monoisotopic (exact) mass is 551 g/mol. The molecule has 2 atom stereocenters. The second-order valence-electron chi connectivity index (χ2n) is 8.49. The van der Waals surface area contributed by atoms with E-state index >= 15 is 0 Å². The maximum absolute atomic E-state index is 13.4. The Balaban J connectivity index is 1.47. The third-order valence-electron chi connectivity index (χ3n) is 5.83. The average molecular weight is 552 g/mol. The fourth-order valence-corrected chi connectivity index (χ4v) is 4.89. The molecule has 0 aliphatic rings. The number of hydrogen-bond acceptors (Lipinski definition) is 7. The average Bonchev–Trinajstić information content (AvgIpc) is 3.60. The lowest BCUT2D eigenvalue weighted by Gasteiger charge is -2.22. The van der Waals surface area contributed by atoms with Gasteiger partial charge in [-0.1, -0.05) is 48.5 Å². The molecule has 0 spiro atoms. The molecule has 2 heterocycles. The third-order valence-corrected chi connectivity index (χ3v) is 7.16. The van der Waals surface area contributed by atoms with Crippen molar-refractivity contribution in [2.45, 2.75) is 31.5 Å². The molecule has 2 aromatic carbocycles. The molecule has 38 heavy (non-hydrogen) atoms. The zero-order valence-electron chi connectivity index (χ0n) is 20.8. The number of thioether (sulfide) groups is 1. The van der Waals surface area contributed by atoms with Crippen LogP contribution in [-0.2, 0) is 27.4 Å². The summed E-state index contributed by atoms with van der Waals surface area (Å²) < 4.78 is 5.32. The van der Waals surface area contributed by atoms with Crippen LogP contribution in [0.5, 0.6) is 0 Å². The molecule has 4 rings (SSSR count). The van der Waals surface area contributed by atoms with Crippen molar-refractivity contribution >= 4 is 57.0 Å². The van der Waals surface area contributed by atoms with Gasteiger partial charge in [0.1, 0.15) is 18.7 Å². The molecule has 0 aliphatic carbocycles. The number of benzene rings is 2. The molecule has 0 fully saturated rings. The van der Waals surface area contributed by atoms with Gasteiger partial charge in [0, 0.05) is 35.1 Å². The molecule has 0 unspecified atom stereocenters. The molecule has 4 aromatic rings. The van der Waals surface area contributed by atoms with Gasteiger partial charge in [-0.3, -0.25) is 9.59 Å². The number of rotatable bonds is 12. The number of fused-ring (bicyclic) bond motifs is 1. The van der Waals surface area contributed by atoms with E-state index in [-0.39, 0.29) is 13.0 Å². The van der Waals surface area contributed by atoms with Gasteiger partial charge < -0.3 is 25.7 Å².